The molecule has 1 N–H and O–H groups in total. The van der Waals surface area contributed by atoms with Gasteiger partial charge in [0.25, 0.3) is 0 Å². The number of aryl methyl sites for hydroxylation is 1. The summed E-state index contributed by atoms with van der Waals surface area (Å²) >= 11 is 0. The van der Waals surface area contributed by atoms with Crippen molar-refractivity contribution in [3.8, 4) is 0 Å². The number of aliphatic hydroxyl groups excluding tert-OH is 1. The number of aliphatic hydroxyl groups is 1. The van der Waals surface area contributed by atoms with Crippen LogP contribution in [0.25, 0.3) is 0 Å². The van der Waals surface area contributed by atoms with Gasteiger partial charge in [0, 0.05) is 26.8 Å². The van der Waals surface area contributed by atoms with Gasteiger partial charge in [-0.2, -0.15) is 0 Å². The van der Waals surface area contributed by atoms with Gasteiger partial charge >= 0.3 is 0 Å². The first-order valence-electron chi connectivity index (χ1n) is 5.18. The van der Waals surface area contributed by atoms with Gasteiger partial charge in [0.15, 0.2) is 0 Å². The van der Waals surface area contributed by atoms with Gasteiger partial charge < -0.3 is 9.84 Å². The number of rotatable bonds is 6. The first-order valence-corrected chi connectivity index (χ1v) is 5.18. The molecular weight excluding hydrogens is 194 g/mol. The number of hydrogen-bond donors (Lipinski definition) is 1. The van der Waals surface area contributed by atoms with Crippen molar-refractivity contribution in [2.75, 3.05) is 7.11 Å². The molecule has 0 aromatic carbocycles. The van der Waals surface area contributed by atoms with Crippen molar-refractivity contribution in [1.82, 2.24) is 15.0 Å². The maximum absolute atomic E-state index is 9.72. The van der Waals surface area contributed by atoms with Gasteiger partial charge in [-0.3, -0.25) is 4.68 Å². The lowest BCUT2D eigenvalue weighted by Gasteiger charge is -2.12. The zero-order valence-electron chi connectivity index (χ0n) is 9.55. The Labute approximate surface area is 90.1 Å². The van der Waals surface area contributed by atoms with Crippen molar-refractivity contribution in [3.05, 3.63) is 11.9 Å². The average Bonchev–Trinajstić information content (AvgIpc) is 2.60. The fourth-order valence-electron chi connectivity index (χ4n) is 1.38. The molecule has 0 aliphatic rings. The number of nitrogens with zero attached hydrogens (tertiary/aromatic N) is 3. The molecule has 1 heterocycles. The summed E-state index contributed by atoms with van der Waals surface area (Å²) in [6, 6.07) is 0. The van der Waals surface area contributed by atoms with Crippen LogP contribution in [0, 0.1) is 0 Å². The van der Waals surface area contributed by atoms with Crippen LogP contribution >= 0.6 is 0 Å². The Balaban J connectivity index is 2.27. The molecule has 1 aromatic heterocycles. The minimum absolute atomic E-state index is 0.196. The molecule has 15 heavy (non-hydrogen) atoms. The van der Waals surface area contributed by atoms with Crippen LogP contribution in [0.2, 0.25) is 0 Å². The lowest BCUT2D eigenvalue weighted by Crippen LogP contribution is -2.15. The quantitative estimate of drug-likeness (QED) is 0.749. The second-order valence-corrected chi connectivity index (χ2v) is 3.87. The largest absolute Gasteiger partial charge is 0.393 e. The first kappa shape index (κ1) is 12.1. The summed E-state index contributed by atoms with van der Waals surface area (Å²) < 4.78 is 6.75. The molecule has 5 heteroatoms. The molecule has 1 rings (SSSR count). The molecule has 0 aliphatic carbocycles. The molecule has 0 spiro atoms. The highest BCUT2D eigenvalue weighted by Gasteiger charge is 2.10. The van der Waals surface area contributed by atoms with Gasteiger partial charge in [-0.25, -0.2) is 0 Å². The van der Waals surface area contributed by atoms with Gasteiger partial charge in [0.1, 0.15) is 0 Å². The van der Waals surface area contributed by atoms with Crippen LogP contribution in [0.5, 0.6) is 0 Å². The smallest absolute Gasteiger partial charge is 0.0852 e. The van der Waals surface area contributed by atoms with E-state index in [9.17, 15) is 5.11 Å². The standard InChI is InChI=1S/C10H19N3O2/c1-8(15-3)4-5-10(14)6-9-7-13(2)12-11-9/h7-8,10,14H,4-6H2,1-3H3. The molecule has 0 saturated heterocycles. The zero-order chi connectivity index (χ0) is 11.3. The van der Waals surface area contributed by atoms with E-state index in [4.69, 9.17) is 4.74 Å². The van der Waals surface area contributed by atoms with E-state index in [0.29, 0.717) is 6.42 Å². The van der Waals surface area contributed by atoms with Gasteiger partial charge in [0.05, 0.1) is 17.9 Å². The highest BCUT2D eigenvalue weighted by Crippen LogP contribution is 2.07. The zero-order valence-corrected chi connectivity index (χ0v) is 9.55. The summed E-state index contributed by atoms with van der Waals surface area (Å²) in [6.45, 7) is 2.00. The molecular formula is C10H19N3O2. The summed E-state index contributed by atoms with van der Waals surface area (Å²) in [5.74, 6) is 0. The van der Waals surface area contributed by atoms with E-state index in [-0.39, 0.29) is 12.2 Å². The molecule has 1 aromatic rings. The van der Waals surface area contributed by atoms with E-state index < -0.39 is 0 Å². The Kier molecular flexibility index (Phi) is 4.71. The van der Waals surface area contributed by atoms with E-state index >= 15 is 0 Å². The van der Waals surface area contributed by atoms with E-state index in [0.717, 1.165) is 18.5 Å². The van der Waals surface area contributed by atoms with Crippen LogP contribution in [0.4, 0.5) is 0 Å². The summed E-state index contributed by atoms with van der Waals surface area (Å²) in [7, 11) is 3.50. The minimum Gasteiger partial charge on any atom is -0.393 e. The lowest BCUT2D eigenvalue weighted by molar-refractivity contribution is 0.0849. The number of aromatic nitrogens is 3. The van der Waals surface area contributed by atoms with E-state index in [1.54, 1.807) is 11.8 Å². The predicted octanol–water partition coefficient (Wildman–Crippen LogP) is 0.534. The van der Waals surface area contributed by atoms with Crippen molar-refractivity contribution in [1.29, 1.82) is 0 Å². The van der Waals surface area contributed by atoms with Crippen molar-refractivity contribution < 1.29 is 9.84 Å². The second kappa shape index (κ2) is 5.82. The topological polar surface area (TPSA) is 60.2 Å². The molecule has 5 nitrogen and oxygen atoms in total. The monoisotopic (exact) mass is 213 g/mol. The third kappa shape index (κ3) is 4.40. The Morgan fingerprint density at radius 1 is 1.53 bits per heavy atom. The molecule has 0 saturated carbocycles. The van der Waals surface area contributed by atoms with E-state index in [2.05, 4.69) is 10.3 Å². The molecule has 2 atom stereocenters. The average molecular weight is 213 g/mol. The lowest BCUT2D eigenvalue weighted by atomic mass is 10.1. The Morgan fingerprint density at radius 3 is 2.80 bits per heavy atom. The SMILES string of the molecule is COC(C)CCC(O)Cc1cn(C)nn1. The third-order valence-electron chi connectivity index (χ3n) is 2.40. The highest BCUT2D eigenvalue weighted by atomic mass is 16.5. The summed E-state index contributed by atoms with van der Waals surface area (Å²) in [5, 5.41) is 17.5. The van der Waals surface area contributed by atoms with Crippen molar-refractivity contribution in [3.63, 3.8) is 0 Å². The fourth-order valence-corrected chi connectivity index (χ4v) is 1.38. The molecule has 0 aliphatic heterocycles. The summed E-state index contributed by atoms with van der Waals surface area (Å²) in [6.07, 6.45) is 3.80. The van der Waals surface area contributed by atoms with Crippen LogP contribution in [-0.2, 0) is 18.2 Å². The molecule has 0 amide bonds. The van der Waals surface area contributed by atoms with Crippen LogP contribution in [0.15, 0.2) is 6.20 Å². The van der Waals surface area contributed by atoms with Gasteiger partial charge in [-0.1, -0.05) is 5.21 Å². The van der Waals surface area contributed by atoms with Gasteiger partial charge in [0.2, 0.25) is 0 Å². The van der Waals surface area contributed by atoms with E-state index in [1.165, 1.54) is 0 Å². The van der Waals surface area contributed by atoms with E-state index in [1.807, 2.05) is 20.2 Å². The van der Waals surface area contributed by atoms with Crippen LogP contribution < -0.4 is 0 Å². The Hall–Kier alpha value is -0.940. The molecule has 86 valence electrons. The van der Waals surface area contributed by atoms with Gasteiger partial charge in [-0.05, 0) is 19.8 Å². The van der Waals surface area contributed by atoms with Crippen LogP contribution in [-0.4, -0.2) is 39.4 Å². The van der Waals surface area contributed by atoms with Crippen LogP contribution in [0.3, 0.4) is 0 Å². The Bertz CT molecular complexity index is 288. The molecule has 0 bridgehead atoms. The second-order valence-electron chi connectivity index (χ2n) is 3.87. The Morgan fingerprint density at radius 2 is 2.27 bits per heavy atom. The van der Waals surface area contributed by atoms with Crippen molar-refractivity contribution >= 4 is 0 Å². The summed E-state index contributed by atoms with van der Waals surface area (Å²) in [4.78, 5) is 0. The van der Waals surface area contributed by atoms with Crippen molar-refractivity contribution in [2.45, 2.75) is 38.4 Å². The normalized spacial score (nSPS) is 15.2. The predicted molar refractivity (Wildman–Crippen MR) is 56.4 cm³/mol. The minimum atomic E-state index is -0.362. The highest BCUT2D eigenvalue weighted by molar-refractivity contribution is 4.93. The molecule has 2 unspecified atom stereocenters. The third-order valence-corrected chi connectivity index (χ3v) is 2.40. The first-order chi connectivity index (χ1) is 7.11. The number of ether oxygens (including phenoxy) is 1. The molecule has 0 radical (unpaired) electrons. The molecule has 0 fully saturated rings. The van der Waals surface area contributed by atoms with Crippen LogP contribution in [0.1, 0.15) is 25.5 Å². The number of hydrogen-bond acceptors (Lipinski definition) is 4. The van der Waals surface area contributed by atoms with Gasteiger partial charge in [-0.15, -0.1) is 5.10 Å². The maximum Gasteiger partial charge on any atom is 0.0852 e. The maximum atomic E-state index is 9.72. The summed E-state index contributed by atoms with van der Waals surface area (Å²) in [5.41, 5.74) is 0.829. The number of methoxy groups -OCH3 is 1. The fraction of sp³-hybridized carbons (Fsp3) is 0.800. The van der Waals surface area contributed by atoms with Crippen molar-refractivity contribution in [2.24, 2.45) is 7.05 Å².